The summed E-state index contributed by atoms with van der Waals surface area (Å²) in [6, 6.07) is 11.2. The first-order chi connectivity index (χ1) is 9.50. The van der Waals surface area contributed by atoms with Crippen molar-refractivity contribution >= 4 is 44.7 Å². The fourth-order valence-electron chi connectivity index (χ4n) is 1.71. The average molecular weight is 353 g/mol. The quantitative estimate of drug-likeness (QED) is 0.831. The molecule has 0 heterocycles. The Hall–Kier alpha value is -1.79. The Balaban J connectivity index is 2.36. The molecule has 3 nitrogen and oxygen atoms in total. The van der Waals surface area contributed by atoms with Crippen LogP contribution in [0.15, 0.2) is 46.9 Å². The third-order valence-electron chi connectivity index (χ3n) is 2.63. The molecule has 2 rings (SSSR count). The number of thiocarbonyl (C=S) groups is 1. The topological polar surface area (TPSA) is 55.1 Å². The lowest BCUT2D eigenvalue weighted by Crippen LogP contribution is -2.19. The second-order valence-corrected chi connectivity index (χ2v) is 5.25. The van der Waals surface area contributed by atoms with Gasteiger partial charge in [0.15, 0.2) is 0 Å². The molecule has 0 radical (unpaired) electrons. The average Bonchev–Trinajstić information content (AvgIpc) is 2.38. The number of rotatable bonds is 3. The van der Waals surface area contributed by atoms with Gasteiger partial charge in [-0.05, 0) is 40.2 Å². The predicted octanol–water partition coefficient (Wildman–Crippen LogP) is 3.47. The number of carbonyl (C=O) groups excluding carboxylic acids is 1. The van der Waals surface area contributed by atoms with E-state index in [1.807, 2.05) is 0 Å². The predicted molar refractivity (Wildman–Crippen MR) is 84.4 cm³/mol. The highest BCUT2D eigenvalue weighted by Gasteiger charge is 2.15. The van der Waals surface area contributed by atoms with Crippen LogP contribution in [0.3, 0.4) is 0 Å². The molecule has 0 saturated carbocycles. The maximum Gasteiger partial charge on any atom is 0.256 e. The van der Waals surface area contributed by atoms with Crippen molar-refractivity contribution in [3.05, 3.63) is 63.9 Å². The number of amides is 1. The second-order valence-electron chi connectivity index (χ2n) is 3.96. The van der Waals surface area contributed by atoms with Crippen LogP contribution in [0.5, 0.6) is 0 Å². The van der Waals surface area contributed by atoms with Gasteiger partial charge in [-0.1, -0.05) is 30.4 Å². The zero-order valence-corrected chi connectivity index (χ0v) is 12.6. The summed E-state index contributed by atoms with van der Waals surface area (Å²) < 4.78 is 14.3. The maximum absolute atomic E-state index is 13.7. The molecule has 0 aromatic heterocycles. The highest BCUT2D eigenvalue weighted by molar-refractivity contribution is 9.10. The van der Waals surface area contributed by atoms with Gasteiger partial charge in [-0.25, -0.2) is 4.39 Å². The molecule has 2 aromatic carbocycles. The van der Waals surface area contributed by atoms with E-state index in [2.05, 4.69) is 21.2 Å². The molecule has 0 aliphatic heterocycles. The summed E-state index contributed by atoms with van der Waals surface area (Å²) in [6.45, 7) is 0. The number of nitrogens with two attached hydrogens (primary N) is 1. The Morgan fingerprint density at radius 3 is 2.55 bits per heavy atom. The van der Waals surface area contributed by atoms with Crippen LogP contribution in [0, 0.1) is 5.82 Å². The van der Waals surface area contributed by atoms with Gasteiger partial charge >= 0.3 is 0 Å². The molecule has 102 valence electrons. The van der Waals surface area contributed by atoms with Gasteiger partial charge in [-0.15, -0.1) is 0 Å². The van der Waals surface area contributed by atoms with Crippen molar-refractivity contribution in [2.45, 2.75) is 0 Å². The fraction of sp³-hybridized carbons (Fsp3) is 0. The highest BCUT2D eigenvalue weighted by Crippen LogP contribution is 2.22. The fourth-order valence-corrected chi connectivity index (χ4v) is 2.39. The van der Waals surface area contributed by atoms with Crippen molar-refractivity contribution < 1.29 is 9.18 Å². The van der Waals surface area contributed by atoms with E-state index in [1.165, 1.54) is 12.1 Å². The molecule has 0 atom stereocenters. The van der Waals surface area contributed by atoms with E-state index in [9.17, 15) is 9.18 Å². The van der Waals surface area contributed by atoms with Crippen LogP contribution < -0.4 is 11.1 Å². The van der Waals surface area contributed by atoms with E-state index in [-0.39, 0.29) is 22.1 Å². The van der Waals surface area contributed by atoms with Gasteiger partial charge in [0.2, 0.25) is 0 Å². The van der Waals surface area contributed by atoms with Crippen molar-refractivity contribution in [2.24, 2.45) is 5.73 Å². The minimum Gasteiger partial charge on any atom is -0.389 e. The van der Waals surface area contributed by atoms with Crippen LogP contribution in [0.1, 0.15) is 15.9 Å². The number of nitrogens with one attached hydrogen (secondary N) is 1. The first-order valence-corrected chi connectivity index (χ1v) is 6.85. The van der Waals surface area contributed by atoms with E-state index < -0.39 is 5.82 Å². The van der Waals surface area contributed by atoms with Gasteiger partial charge in [0.25, 0.3) is 5.91 Å². The summed E-state index contributed by atoms with van der Waals surface area (Å²) >= 11 is 8.10. The number of halogens is 2. The van der Waals surface area contributed by atoms with Crippen LogP contribution in [0.2, 0.25) is 0 Å². The van der Waals surface area contributed by atoms with E-state index in [0.29, 0.717) is 10.0 Å². The summed E-state index contributed by atoms with van der Waals surface area (Å²) in [6.07, 6.45) is 0. The third kappa shape index (κ3) is 3.02. The minimum absolute atomic E-state index is 0.0305. The molecule has 0 spiro atoms. The van der Waals surface area contributed by atoms with Crippen molar-refractivity contribution in [1.29, 1.82) is 0 Å². The molecular formula is C14H10BrFN2OS. The van der Waals surface area contributed by atoms with Crippen LogP contribution in [0.4, 0.5) is 10.1 Å². The van der Waals surface area contributed by atoms with Gasteiger partial charge in [0.05, 0.1) is 16.8 Å². The van der Waals surface area contributed by atoms with Gasteiger partial charge < -0.3 is 11.1 Å². The Labute approximate surface area is 129 Å². The first-order valence-electron chi connectivity index (χ1n) is 5.65. The molecular weight excluding hydrogens is 343 g/mol. The molecule has 3 N–H and O–H groups in total. The monoisotopic (exact) mass is 352 g/mol. The summed E-state index contributed by atoms with van der Waals surface area (Å²) in [7, 11) is 0. The Bertz CT molecular complexity index is 691. The molecule has 2 aromatic rings. The Morgan fingerprint density at radius 1 is 1.20 bits per heavy atom. The summed E-state index contributed by atoms with van der Waals surface area (Å²) in [4.78, 5) is 12.1. The number of benzene rings is 2. The second kappa shape index (κ2) is 6.11. The van der Waals surface area contributed by atoms with E-state index >= 15 is 0 Å². The molecule has 6 heteroatoms. The highest BCUT2D eigenvalue weighted by atomic mass is 79.9. The summed E-state index contributed by atoms with van der Waals surface area (Å²) in [5, 5.41) is 2.61. The van der Waals surface area contributed by atoms with Crippen molar-refractivity contribution in [3.63, 3.8) is 0 Å². The Kier molecular flexibility index (Phi) is 4.46. The smallest absolute Gasteiger partial charge is 0.256 e. The number of carbonyl (C=O) groups is 1. The van der Waals surface area contributed by atoms with Gasteiger partial charge in [-0.2, -0.15) is 0 Å². The molecule has 0 aliphatic carbocycles. The maximum atomic E-state index is 13.7. The zero-order chi connectivity index (χ0) is 14.7. The van der Waals surface area contributed by atoms with E-state index in [4.69, 9.17) is 18.0 Å². The van der Waals surface area contributed by atoms with Crippen molar-refractivity contribution in [2.75, 3.05) is 5.32 Å². The van der Waals surface area contributed by atoms with Crippen molar-refractivity contribution in [3.8, 4) is 0 Å². The summed E-state index contributed by atoms with van der Waals surface area (Å²) in [5.74, 6) is -0.942. The molecule has 0 saturated heterocycles. The van der Waals surface area contributed by atoms with Gasteiger partial charge in [-0.3, -0.25) is 4.79 Å². The number of hydrogen-bond acceptors (Lipinski definition) is 2. The Morgan fingerprint density at radius 2 is 1.90 bits per heavy atom. The van der Waals surface area contributed by atoms with E-state index in [1.54, 1.807) is 30.3 Å². The van der Waals surface area contributed by atoms with Gasteiger partial charge in [0.1, 0.15) is 10.8 Å². The minimum atomic E-state index is -0.567. The molecule has 0 fully saturated rings. The van der Waals surface area contributed by atoms with Crippen LogP contribution >= 0.6 is 28.1 Å². The van der Waals surface area contributed by atoms with Gasteiger partial charge in [0, 0.05) is 4.47 Å². The lowest BCUT2D eigenvalue weighted by atomic mass is 10.1. The van der Waals surface area contributed by atoms with E-state index in [0.717, 1.165) is 0 Å². The molecule has 0 unspecified atom stereocenters. The largest absolute Gasteiger partial charge is 0.389 e. The lowest BCUT2D eigenvalue weighted by Gasteiger charge is -2.11. The molecule has 1 amide bonds. The standard InChI is InChI=1S/C14H10BrFN2OS/c15-9-5-2-1-4-8(9)14(19)18-11-7-3-6-10(16)12(11)13(17)20/h1-7H,(H2,17,20)(H,18,19). The molecule has 0 aliphatic rings. The molecule has 20 heavy (non-hydrogen) atoms. The van der Waals surface area contributed by atoms with Crippen LogP contribution in [0.25, 0.3) is 0 Å². The first kappa shape index (κ1) is 14.6. The summed E-state index contributed by atoms with van der Waals surface area (Å²) in [5.41, 5.74) is 6.21. The van der Waals surface area contributed by atoms with Crippen LogP contribution in [-0.4, -0.2) is 10.9 Å². The lowest BCUT2D eigenvalue weighted by molar-refractivity contribution is 0.102. The number of anilines is 1. The third-order valence-corrected chi connectivity index (χ3v) is 3.52. The zero-order valence-electron chi connectivity index (χ0n) is 10.2. The SMILES string of the molecule is NC(=S)c1c(F)cccc1NC(=O)c1ccccc1Br. The number of hydrogen-bond donors (Lipinski definition) is 2. The van der Waals surface area contributed by atoms with Crippen LogP contribution in [-0.2, 0) is 0 Å². The normalized spacial score (nSPS) is 10.1. The van der Waals surface area contributed by atoms with Crippen molar-refractivity contribution in [1.82, 2.24) is 0 Å². The molecule has 0 bridgehead atoms.